The maximum Gasteiger partial charge on any atom is 0.258 e. The van der Waals surface area contributed by atoms with Crippen LogP contribution in [0, 0.1) is 6.92 Å². The molecule has 0 atom stereocenters. The summed E-state index contributed by atoms with van der Waals surface area (Å²) in [4.78, 5) is 13.9. The largest absolute Gasteiger partial charge is 0.508 e. The van der Waals surface area contributed by atoms with Crippen LogP contribution in [0.3, 0.4) is 0 Å². The molecule has 2 aromatic carbocycles. The molecule has 98 valence electrons. The van der Waals surface area contributed by atoms with E-state index in [2.05, 4.69) is 0 Å². The Morgan fingerprint density at radius 1 is 1.21 bits per heavy atom. The molecule has 0 bridgehead atoms. The van der Waals surface area contributed by atoms with Crippen molar-refractivity contribution >= 4 is 23.2 Å². The lowest BCUT2D eigenvalue weighted by Gasteiger charge is -2.18. The molecule has 2 rings (SSSR count). The molecule has 19 heavy (non-hydrogen) atoms. The van der Waals surface area contributed by atoms with E-state index >= 15 is 0 Å². The number of nitrogens with zero attached hydrogens (tertiary/aromatic N) is 1. The molecule has 0 aliphatic heterocycles. The molecule has 0 saturated carbocycles. The van der Waals surface area contributed by atoms with E-state index in [0.29, 0.717) is 16.3 Å². The molecule has 0 aliphatic carbocycles. The fourth-order valence-electron chi connectivity index (χ4n) is 1.82. The maximum absolute atomic E-state index is 12.4. The number of rotatable bonds is 2. The van der Waals surface area contributed by atoms with Crippen LogP contribution in [0.15, 0.2) is 42.5 Å². The van der Waals surface area contributed by atoms with Crippen LogP contribution in [0.2, 0.25) is 5.02 Å². The van der Waals surface area contributed by atoms with Gasteiger partial charge in [-0.1, -0.05) is 23.7 Å². The molecule has 3 nitrogen and oxygen atoms in total. The Kier molecular flexibility index (Phi) is 3.76. The minimum atomic E-state index is -0.161. The second-order valence-electron chi connectivity index (χ2n) is 4.34. The minimum absolute atomic E-state index is 0.125. The summed E-state index contributed by atoms with van der Waals surface area (Å²) in [5.41, 5.74) is 2.05. The van der Waals surface area contributed by atoms with Crippen LogP contribution in [-0.4, -0.2) is 18.1 Å². The highest BCUT2D eigenvalue weighted by Crippen LogP contribution is 2.23. The van der Waals surface area contributed by atoms with Crippen LogP contribution in [0.25, 0.3) is 0 Å². The molecule has 0 radical (unpaired) electrons. The summed E-state index contributed by atoms with van der Waals surface area (Å²) in [6.45, 7) is 1.86. The first kappa shape index (κ1) is 13.4. The van der Waals surface area contributed by atoms with Crippen LogP contribution in [0.4, 0.5) is 5.69 Å². The highest BCUT2D eigenvalue weighted by atomic mass is 35.5. The molecule has 0 aliphatic rings. The number of hydrogen-bond acceptors (Lipinski definition) is 2. The first-order valence-corrected chi connectivity index (χ1v) is 6.20. The highest BCUT2D eigenvalue weighted by molar-refractivity contribution is 6.31. The topological polar surface area (TPSA) is 40.5 Å². The van der Waals surface area contributed by atoms with Crippen molar-refractivity contribution in [1.82, 2.24) is 0 Å². The Bertz CT molecular complexity index is 625. The van der Waals surface area contributed by atoms with Gasteiger partial charge >= 0.3 is 0 Å². The van der Waals surface area contributed by atoms with Crippen molar-refractivity contribution in [3.8, 4) is 5.75 Å². The van der Waals surface area contributed by atoms with Crippen molar-refractivity contribution in [2.24, 2.45) is 0 Å². The third kappa shape index (κ3) is 2.88. The summed E-state index contributed by atoms with van der Waals surface area (Å²) >= 11 is 5.93. The summed E-state index contributed by atoms with van der Waals surface area (Å²) in [5, 5.41) is 9.98. The average Bonchev–Trinajstić information content (AvgIpc) is 2.40. The van der Waals surface area contributed by atoms with Gasteiger partial charge in [-0.2, -0.15) is 0 Å². The smallest absolute Gasteiger partial charge is 0.258 e. The van der Waals surface area contributed by atoms with Crippen LogP contribution in [0.5, 0.6) is 5.75 Å². The molecule has 2 aromatic rings. The lowest BCUT2D eigenvalue weighted by molar-refractivity contribution is 0.0992. The van der Waals surface area contributed by atoms with Gasteiger partial charge in [0.15, 0.2) is 0 Å². The number of benzene rings is 2. The number of amides is 1. The lowest BCUT2D eigenvalue weighted by atomic mass is 10.1. The van der Waals surface area contributed by atoms with Crippen LogP contribution in [-0.2, 0) is 0 Å². The summed E-state index contributed by atoms with van der Waals surface area (Å²) in [7, 11) is 1.66. The normalized spacial score (nSPS) is 10.3. The van der Waals surface area contributed by atoms with Gasteiger partial charge in [-0.15, -0.1) is 0 Å². The van der Waals surface area contributed by atoms with Crippen molar-refractivity contribution in [1.29, 1.82) is 0 Å². The molecule has 0 spiro atoms. The number of phenolic OH excluding ortho intramolecular Hbond substituents is 1. The van der Waals surface area contributed by atoms with Gasteiger partial charge in [0.05, 0.1) is 0 Å². The molecule has 0 aromatic heterocycles. The second kappa shape index (κ2) is 5.33. The van der Waals surface area contributed by atoms with Gasteiger partial charge in [0.25, 0.3) is 5.91 Å². The monoisotopic (exact) mass is 275 g/mol. The summed E-state index contributed by atoms with van der Waals surface area (Å²) in [6.07, 6.45) is 0. The lowest BCUT2D eigenvalue weighted by Crippen LogP contribution is -2.26. The number of phenols is 1. The van der Waals surface area contributed by atoms with E-state index in [4.69, 9.17) is 11.6 Å². The van der Waals surface area contributed by atoms with Gasteiger partial charge in [0.2, 0.25) is 0 Å². The van der Waals surface area contributed by atoms with E-state index in [0.717, 1.165) is 5.56 Å². The van der Waals surface area contributed by atoms with Crippen molar-refractivity contribution in [3.63, 3.8) is 0 Å². The fraction of sp³-hybridized carbons (Fsp3) is 0.133. The number of carbonyl (C=O) groups excluding carboxylic acids is 1. The van der Waals surface area contributed by atoms with Gasteiger partial charge in [0.1, 0.15) is 5.75 Å². The third-order valence-corrected chi connectivity index (χ3v) is 3.19. The standard InChI is InChI=1S/C15H14ClNO2/c1-10-6-7-11(16)8-14(10)15(19)17(2)12-4-3-5-13(18)9-12/h3-9,18H,1-2H3. The molecule has 0 heterocycles. The van der Waals surface area contributed by atoms with Gasteiger partial charge in [-0.3, -0.25) is 4.79 Å². The van der Waals surface area contributed by atoms with E-state index in [1.54, 1.807) is 37.4 Å². The predicted octanol–water partition coefficient (Wildman–Crippen LogP) is 3.63. The predicted molar refractivity (Wildman–Crippen MR) is 77.0 cm³/mol. The molecule has 0 fully saturated rings. The van der Waals surface area contributed by atoms with Crippen molar-refractivity contribution in [2.45, 2.75) is 6.92 Å². The number of aromatic hydroxyl groups is 1. The number of aryl methyl sites for hydroxylation is 1. The molecule has 0 unspecified atom stereocenters. The maximum atomic E-state index is 12.4. The summed E-state index contributed by atoms with van der Waals surface area (Å²) in [5.74, 6) is -0.0365. The molecule has 0 saturated heterocycles. The van der Waals surface area contributed by atoms with Gasteiger partial charge in [0, 0.05) is 29.4 Å². The molecule has 1 N–H and O–H groups in total. The average molecular weight is 276 g/mol. The molecular weight excluding hydrogens is 262 g/mol. The minimum Gasteiger partial charge on any atom is -0.508 e. The van der Waals surface area contributed by atoms with E-state index in [1.807, 2.05) is 13.0 Å². The SMILES string of the molecule is Cc1ccc(Cl)cc1C(=O)N(C)c1cccc(O)c1. The molecule has 1 amide bonds. The van der Waals surface area contributed by atoms with Crippen molar-refractivity contribution in [3.05, 3.63) is 58.6 Å². The van der Waals surface area contributed by atoms with Crippen LogP contribution >= 0.6 is 11.6 Å². The second-order valence-corrected chi connectivity index (χ2v) is 4.78. The number of anilines is 1. The Balaban J connectivity index is 2.36. The first-order valence-electron chi connectivity index (χ1n) is 5.82. The Hall–Kier alpha value is -2.00. The summed E-state index contributed by atoms with van der Waals surface area (Å²) < 4.78 is 0. The molecule has 4 heteroatoms. The fourth-order valence-corrected chi connectivity index (χ4v) is 2.00. The van der Waals surface area contributed by atoms with E-state index in [1.165, 1.54) is 11.0 Å². The van der Waals surface area contributed by atoms with Crippen LogP contribution in [0.1, 0.15) is 15.9 Å². The van der Waals surface area contributed by atoms with Gasteiger partial charge in [-0.05, 0) is 36.8 Å². The van der Waals surface area contributed by atoms with Gasteiger partial charge in [-0.25, -0.2) is 0 Å². The Labute approximate surface area is 117 Å². The van der Waals surface area contributed by atoms with Crippen molar-refractivity contribution < 1.29 is 9.90 Å². The number of carbonyl (C=O) groups is 1. The van der Waals surface area contributed by atoms with Crippen molar-refractivity contribution in [2.75, 3.05) is 11.9 Å². The quantitative estimate of drug-likeness (QED) is 0.909. The highest BCUT2D eigenvalue weighted by Gasteiger charge is 2.16. The third-order valence-electron chi connectivity index (χ3n) is 2.95. The summed E-state index contributed by atoms with van der Waals surface area (Å²) in [6, 6.07) is 11.8. The Morgan fingerprint density at radius 3 is 2.63 bits per heavy atom. The zero-order chi connectivity index (χ0) is 14.0. The van der Waals surface area contributed by atoms with E-state index in [9.17, 15) is 9.90 Å². The number of halogens is 1. The van der Waals surface area contributed by atoms with E-state index < -0.39 is 0 Å². The van der Waals surface area contributed by atoms with E-state index in [-0.39, 0.29) is 11.7 Å². The zero-order valence-electron chi connectivity index (χ0n) is 10.7. The van der Waals surface area contributed by atoms with Gasteiger partial charge < -0.3 is 10.0 Å². The first-order chi connectivity index (χ1) is 8.99. The zero-order valence-corrected chi connectivity index (χ0v) is 11.5. The Morgan fingerprint density at radius 2 is 1.95 bits per heavy atom. The molecular formula is C15H14ClNO2. The van der Waals surface area contributed by atoms with Crippen LogP contribution < -0.4 is 4.90 Å². The number of hydrogen-bond donors (Lipinski definition) is 1.